The molecule has 1 aromatic carbocycles. The highest BCUT2D eigenvalue weighted by molar-refractivity contribution is 5.74. The third kappa shape index (κ3) is 2.59. The minimum atomic E-state index is -0.0567. The molecule has 3 aliphatic heterocycles. The van der Waals surface area contributed by atoms with E-state index in [0.29, 0.717) is 11.3 Å². The van der Waals surface area contributed by atoms with Crippen molar-refractivity contribution in [3.05, 3.63) is 35.9 Å². The second-order valence-corrected chi connectivity index (χ2v) is 6.51. The van der Waals surface area contributed by atoms with Gasteiger partial charge in [0, 0.05) is 18.4 Å². The number of ether oxygens (including phenoxy) is 1. The molecule has 3 fully saturated rings. The Morgan fingerprint density at radius 3 is 2.77 bits per heavy atom. The average molecular weight is 368 g/mol. The topological polar surface area (TPSA) is 35.5 Å². The first-order valence-electron chi connectivity index (χ1n) is 8.04. The van der Waals surface area contributed by atoms with Gasteiger partial charge in [-0.15, -0.1) is 0 Å². The molecule has 3 saturated heterocycles. The number of nitrogens with zero attached hydrogens (tertiary/aromatic N) is 1. The molecule has 3 aliphatic rings. The number of hydrogen-bond donors (Lipinski definition) is 0. The predicted octanol–water partition coefficient (Wildman–Crippen LogP) is -0.563. The summed E-state index contributed by atoms with van der Waals surface area (Å²) in [5.74, 6) is -0.0869. The first kappa shape index (κ1) is 16.0. The Morgan fingerprint density at radius 2 is 1.95 bits per heavy atom. The van der Waals surface area contributed by atoms with Crippen LogP contribution >= 0.6 is 0 Å². The molecule has 3 heterocycles. The van der Waals surface area contributed by atoms with Crippen molar-refractivity contribution in [2.75, 3.05) is 13.2 Å². The second kappa shape index (κ2) is 6.30. The minimum absolute atomic E-state index is 0. The van der Waals surface area contributed by atoms with Crippen LogP contribution in [0, 0.1) is 5.92 Å². The zero-order valence-electron chi connectivity index (χ0n) is 12.6. The standard InChI is InChI=1S/C17H22NO3.BrH/c19-17-16-14-8-4-10-18(14,12-13-6-2-1-3-7-13)21-15(16)9-5-11-20-17;/h1-3,6-7,14-16H,4-5,8-12H2;1H/q+1;/p-1/t14-,15-,16-,18?;/m1./s1. The van der Waals surface area contributed by atoms with Crippen LogP contribution in [0.5, 0.6) is 0 Å². The van der Waals surface area contributed by atoms with E-state index in [-0.39, 0.29) is 41.0 Å². The highest BCUT2D eigenvalue weighted by atomic mass is 79.9. The van der Waals surface area contributed by atoms with Gasteiger partial charge in [0.1, 0.15) is 31.2 Å². The maximum atomic E-state index is 12.3. The minimum Gasteiger partial charge on any atom is -1.00 e. The van der Waals surface area contributed by atoms with Crippen molar-refractivity contribution in [3.63, 3.8) is 0 Å². The van der Waals surface area contributed by atoms with Gasteiger partial charge in [-0.1, -0.05) is 30.3 Å². The molecule has 0 saturated carbocycles. The summed E-state index contributed by atoms with van der Waals surface area (Å²) in [4.78, 5) is 18.8. The maximum Gasteiger partial charge on any atom is 0.318 e. The Bertz CT molecular complexity index is 538. The number of quaternary nitrogens is 1. The molecule has 1 unspecified atom stereocenters. The number of hydrogen-bond acceptors (Lipinski definition) is 3. The van der Waals surface area contributed by atoms with Gasteiger partial charge in [0.2, 0.25) is 0 Å². The summed E-state index contributed by atoms with van der Waals surface area (Å²) in [6.07, 6.45) is 4.12. The van der Waals surface area contributed by atoms with E-state index in [0.717, 1.165) is 38.8 Å². The molecule has 4 atom stereocenters. The molecule has 0 aromatic heterocycles. The van der Waals surface area contributed by atoms with Crippen LogP contribution in [0.1, 0.15) is 31.2 Å². The molecule has 5 heteroatoms. The van der Waals surface area contributed by atoms with Gasteiger partial charge in [-0.25, -0.2) is 0 Å². The molecule has 1 aromatic rings. The SMILES string of the molecule is O=C1OCCC[C@H]2O[N+]3(Cc4ccccc4)CCC[C@@H]3[C@@H]12.[Br-]. The highest BCUT2D eigenvalue weighted by Crippen LogP contribution is 2.46. The van der Waals surface area contributed by atoms with Gasteiger partial charge in [0.05, 0.1) is 6.61 Å². The number of cyclic esters (lactones) is 1. The van der Waals surface area contributed by atoms with Crippen molar-refractivity contribution in [2.24, 2.45) is 5.92 Å². The number of halogens is 1. The predicted molar refractivity (Wildman–Crippen MR) is 76.9 cm³/mol. The molecule has 0 amide bonds. The molecule has 22 heavy (non-hydrogen) atoms. The van der Waals surface area contributed by atoms with Crippen molar-refractivity contribution in [3.8, 4) is 0 Å². The lowest BCUT2D eigenvalue weighted by Crippen LogP contribution is -3.00. The van der Waals surface area contributed by atoms with Crippen molar-refractivity contribution >= 4 is 5.97 Å². The summed E-state index contributed by atoms with van der Waals surface area (Å²) in [7, 11) is 0. The van der Waals surface area contributed by atoms with Crippen molar-refractivity contribution in [1.29, 1.82) is 0 Å². The summed E-state index contributed by atoms with van der Waals surface area (Å²) in [6, 6.07) is 10.8. The van der Waals surface area contributed by atoms with E-state index in [4.69, 9.17) is 9.57 Å². The van der Waals surface area contributed by atoms with E-state index in [9.17, 15) is 4.79 Å². The van der Waals surface area contributed by atoms with E-state index >= 15 is 0 Å². The van der Waals surface area contributed by atoms with Crippen LogP contribution in [0.25, 0.3) is 0 Å². The van der Waals surface area contributed by atoms with Crippen LogP contribution < -0.4 is 17.0 Å². The van der Waals surface area contributed by atoms with Crippen LogP contribution in [0.15, 0.2) is 30.3 Å². The van der Waals surface area contributed by atoms with E-state index in [1.165, 1.54) is 5.56 Å². The summed E-state index contributed by atoms with van der Waals surface area (Å²) in [6.45, 7) is 2.44. The van der Waals surface area contributed by atoms with Gasteiger partial charge in [-0.3, -0.25) is 4.79 Å². The highest BCUT2D eigenvalue weighted by Gasteiger charge is 2.62. The lowest BCUT2D eigenvalue weighted by molar-refractivity contribution is -1.11. The molecule has 0 radical (unpaired) electrons. The van der Waals surface area contributed by atoms with Crippen LogP contribution in [0.2, 0.25) is 0 Å². The number of carbonyl (C=O) groups is 1. The second-order valence-electron chi connectivity index (χ2n) is 6.51. The third-order valence-electron chi connectivity index (χ3n) is 5.24. The third-order valence-corrected chi connectivity index (χ3v) is 5.24. The van der Waals surface area contributed by atoms with Crippen LogP contribution in [-0.2, 0) is 20.9 Å². The Balaban J connectivity index is 0.00000144. The smallest absolute Gasteiger partial charge is 0.318 e. The normalized spacial score (nSPS) is 36.7. The zero-order valence-corrected chi connectivity index (χ0v) is 14.2. The van der Waals surface area contributed by atoms with Crippen molar-refractivity contribution in [1.82, 2.24) is 0 Å². The number of benzene rings is 1. The molecule has 4 rings (SSSR count). The first-order chi connectivity index (χ1) is 10.3. The fourth-order valence-electron chi connectivity index (χ4n) is 4.38. The lowest BCUT2D eigenvalue weighted by atomic mass is 9.91. The number of rotatable bonds is 2. The van der Waals surface area contributed by atoms with Crippen LogP contribution in [-0.4, -0.2) is 35.9 Å². The van der Waals surface area contributed by atoms with Gasteiger partial charge in [0.15, 0.2) is 0 Å². The number of fused-ring (bicyclic) bond motifs is 3. The van der Waals surface area contributed by atoms with Gasteiger partial charge < -0.3 is 21.7 Å². The number of hydroxylamine groups is 3. The largest absolute Gasteiger partial charge is 1.00 e. The fourth-order valence-corrected chi connectivity index (χ4v) is 4.38. The average Bonchev–Trinajstić information content (AvgIpc) is 2.93. The van der Waals surface area contributed by atoms with E-state index in [2.05, 4.69) is 24.3 Å². The van der Waals surface area contributed by atoms with Gasteiger partial charge in [0.25, 0.3) is 0 Å². The number of esters is 1. The van der Waals surface area contributed by atoms with Crippen molar-refractivity contribution < 1.29 is 36.0 Å². The molecular weight excluding hydrogens is 346 g/mol. The first-order valence-corrected chi connectivity index (χ1v) is 8.04. The number of carbonyl (C=O) groups excluding carboxylic acids is 1. The molecule has 0 bridgehead atoms. The molecule has 0 spiro atoms. The lowest BCUT2D eigenvalue weighted by Gasteiger charge is -2.31. The Kier molecular flexibility index (Phi) is 4.57. The monoisotopic (exact) mass is 367 g/mol. The zero-order chi connectivity index (χ0) is 14.3. The Hall–Kier alpha value is -0.910. The van der Waals surface area contributed by atoms with Gasteiger partial charge >= 0.3 is 5.97 Å². The van der Waals surface area contributed by atoms with Crippen LogP contribution in [0.3, 0.4) is 0 Å². The Morgan fingerprint density at radius 1 is 1.14 bits per heavy atom. The summed E-state index contributed by atoms with van der Waals surface area (Å²) >= 11 is 0. The van der Waals surface area contributed by atoms with Crippen LogP contribution in [0.4, 0.5) is 0 Å². The van der Waals surface area contributed by atoms with Gasteiger partial charge in [-0.05, 0) is 12.8 Å². The summed E-state index contributed by atoms with van der Waals surface area (Å²) < 4.78 is 6.02. The van der Waals surface area contributed by atoms with E-state index in [1.54, 1.807) is 0 Å². The molecule has 120 valence electrons. The molecule has 0 N–H and O–H groups in total. The fraction of sp³-hybridized carbons (Fsp3) is 0.588. The van der Waals surface area contributed by atoms with Crippen molar-refractivity contribution in [2.45, 2.75) is 44.4 Å². The molecule has 0 aliphatic carbocycles. The van der Waals surface area contributed by atoms with Gasteiger partial charge in [-0.2, -0.15) is 9.48 Å². The van der Waals surface area contributed by atoms with E-state index in [1.807, 2.05) is 6.07 Å². The quantitative estimate of drug-likeness (QED) is 0.519. The maximum absolute atomic E-state index is 12.3. The molecule has 4 nitrogen and oxygen atoms in total. The Labute approximate surface area is 141 Å². The van der Waals surface area contributed by atoms with E-state index < -0.39 is 0 Å². The molecular formula is C17H22BrNO3. The summed E-state index contributed by atoms with van der Waals surface area (Å²) in [5, 5.41) is 0. The summed E-state index contributed by atoms with van der Waals surface area (Å²) in [5.41, 5.74) is 1.29.